The molecule has 0 aliphatic carbocycles. The standard InChI is InChI=1S/C12H13F2NO3/c1-3-15(7-16)12(2,11(17)18)8-4-5-9(13)10(14)6-8/h4-7H,3H2,1-2H3,(H,17,18). The fourth-order valence-electron chi connectivity index (χ4n) is 1.71. The largest absolute Gasteiger partial charge is 0.479 e. The maximum absolute atomic E-state index is 13.2. The number of nitrogens with zero attached hydrogens (tertiary/aromatic N) is 1. The van der Waals surface area contributed by atoms with Crippen molar-refractivity contribution >= 4 is 12.4 Å². The van der Waals surface area contributed by atoms with Gasteiger partial charge in [-0.2, -0.15) is 0 Å². The van der Waals surface area contributed by atoms with Crippen molar-refractivity contribution in [3.63, 3.8) is 0 Å². The number of hydrogen-bond acceptors (Lipinski definition) is 2. The zero-order valence-electron chi connectivity index (χ0n) is 9.98. The van der Waals surface area contributed by atoms with Crippen molar-refractivity contribution in [2.75, 3.05) is 6.54 Å². The summed E-state index contributed by atoms with van der Waals surface area (Å²) in [5.41, 5.74) is -1.73. The van der Waals surface area contributed by atoms with E-state index in [1.165, 1.54) is 6.92 Å². The summed E-state index contributed by atoms with van der Waals surface area (Å²) >= 11 is 0. The average molecular weight is 257 g/mol. The quantitative estimate of drug-likeness (QED) is 0.817. The highest BCUT2D eigenvalue weighted by Crippen LogP contribution is 2.28. The minimum absolute atomic E-state index is 0.00264. The Labute approximate surface area is 103 Å². The lowest BCUT2D eigenvalue weighted by atomic mass is 9.90. The molecule has 0 fully saturated rings. The topological polar surface area (TPSA) is 57.6 Å². The second kappa shape index (κ2) is 5.12. The van der Waals surface area contributed by atoms with Gasteiger partial charge in [-0.3, -0.25) is 4.79 Å². The van der Waals surface area contributed by atoms with Crippen molar-refractivity contribution in [3.8, 4) is 0 Å². The highest BCUT2D eigenvalue weighted by Gasteiger charge is 2.40. The molecule has 1 aromatic rings. The summed E-state index contributed by atoms with van der Waals surface area (Å²) in [5, 5.41) is 9.26. The van der Waals surface area contributed by atoms with Crippen molar-refractivity contribution in [1.29, 1.82) is 0 Å². The van der Waals surface area contributed by atoms with E-state index >= 15 is 0 Å². The van der Waals surface area contributed by atoms with Crippen LogP contribution >= 0.6 is 0 Å². The van der Waals surface area contributed by atoms with E-state index in [9.17, 15) is 23.5 Å². The Balaban J connectivity index is 3.39. The highest BCUT2D eigenvalue weighted by molar-refractivity contribution is 5.82. The van der Waals surface area contributed by atoms with Gasteiger partial charge in [0.15, 0.2) is 17.2 Å². The summed E-state index contributed by atoms with van der Waals surface area (Å²) < 4.78 is 26.0. The molecule has 98 valence electrons. The molecule has 0 aliphatic heterocycles. The molecule has 0 aromatic heterocycles. The number of halogens is 2. The van der Waals surface area contributed by atoms with Crippen LogP contribution in [0.5, 0.6) is 0 Å². The van der Waals surface area contributed by atoms with Crippen LogP contribution in [0.15, 0.2) is 18.2 Å². The summed E-state index contributed by atoms with van der Waals surface area (Å²) in [6, 6.07) is 2.78. The number of benzene rings is 1. The van der Waals surface area contributed by atoms with E-state index in [2.05, 4.69) is 0 Å². The number of carbonyl (C=O) groups is 2. The number of likely N-dealkylation sites (N-methyl/N-ethyl adjacent to an activating group) is 1. The molecule has 0 radical (unpaired) electrons. The molecule has 1 rings (SSSR count). The zero-order valence-corrected chi connectivity index (χ0v) is 9.98. The third-order valence-corrected chi connectivity index (χ3v) is 2.94. The lowest BCUT2D eigenvalue weighted by Gasteiger charge is -2.34. The Morgan fingerprint density at radius 3 is 2.44 bits per heavy atom. The van der Waals surface area contributed by atoms with Crippen molar-refractivity contribution < 1.29 is 23.5 Å². The molecule has 0 spiro atoms. The van der Waals surface area contributed by atoms with Crippen molar-refractivity contribution in [3.05, 3.63) is 35.4 Å². The Hall–Kier alpha value is -1.98. The van der Waals surface area contributed by atoms with E-state index in [1.807, 2.05) is 0 Å². The van der Waals surface area contributed by atoms with E-state index < -0.39 is 23.1 Å². The fraction of sp³-hybridized carbons (Fsp3) is 0.333. The summed E-state index contributed by atoms with van der Waals surface area (Å²) in [6.07, 6.45) is 0.370. The van der Waals surface area contributed by atoms with Gasteiger partial charge in [0.1, 0.15) is 0 Å². The van der Waals surface area contributed by atoms with Gasteiger partial charge in [0.05, 0.1) is 0 Å². The fourth-order valence-corrected chi connectivity index (χ4v) is 1.71. The van der Waals surface area contributed by atoms with Gasteiger partial charge in [0, 0.05) is 6.54 Å². The van der Waals surface area contributed by atoms with Crippen molar-refractivity contribution in [2.24, 2.45) is 0 Å². The molecule has 1 atom stereocenters. The molecule has 1 amide bonds. The lowest BCUT2D eigenvalue weighted by molar-refractivity contribution is -0.154. The van der Waals surface area contributed by atoms with Gasteiger partial charge >= 0.3 is 5.97 Å². The van der Waals surface area contributed by atoms with Crippen LogP contribution in [0.4, 0.5) is 8.78 Å². The second-order valence-electron chi connectivity index (χ2n) is 3.90. The van der Waals surface area contributed by atoms with Gasteiger partial charge in [0.2, 0.25) is 6.41 Å². The predicted octanol–water partition coefficient (Wildman–Crippen LogP) is 1.74. The Bertz CT molecular complexity index is 478. The Kier molecular flexibility index (Phi) is 4.00. The minimum atomic E-state index is -1.73. The van der Waals surface area contributed by atoms with E-state index in [-0.39, 0.29) is 12.1 Å². The number of carboxylic acid groups (broad SMARTS) is 1. The highest BCUT2D eigenvalue weighted by atomic mass is 19.2. The molecule has 0 saturated carbocycles. The number of rotatable bonds is 5. The van der Waals surface area contributed by atoms with Crippen LogP contribution in [-0.2, 0) is 15.1 Å². The van der Waals surface area contributed by atoms with Crippen LogP contribution < -0.4 is 0 Å². The van der Waals surface area contributed by atoms with Crippen LogP contribution in [0, 0.1) is 11.6 Å². The maximum atomic E-state index is 13.2. The van der Waals surface area contributed by atoms with E-state index in [0.717, 1.165) is 23.1 Å². The lowest BCUT2D eigenvalue weighted by Crippen LogP contribution is -2.49. The molecule has 6 heteroatoms. The van der Waals surface area contributed by atoms with Crippen LogP contribution in [-0.4, -0.2) is 28.9 Å². The average Bonchev–Trinajstić information content (AvgIpc) is 2.33. The molecule has 0 saturated heterocycles. The second-order valence-corrected chi connectivity index (χ2v) is 3.90. The van der Waals surface area contributed by atoms with Gasteiger partial charge in [-0.05, 0) is 31.5 Å². The van der Waals surface area contributed by atoms with Crippen LogP contribution in [0.3, 0.4) is 0 Å². The summed E-state index contributed by atoms with van der Waals surface area (Å²) in [7, 11) is 0. The number of carbonyl (C=O) groups excluding carboxylic acids is 1. The Morgan fingerprint density at radius 2 is 2.06 bits per heavy atom. The molecular weight excluding hydrogens is 244 g/mol. The predicted molar refractivity (Wildman–Crippen MR) is 59.8 cm³/mol. The van der Waals surface area contributed by atoms with E-state index in [4.69, 9.17) is 0 Å². The normalized spacial score (nSPS) is 13.8. The monoisotopic (exact) mass is 257 g/mol. The van der Waals surface area contributed by atoms with Gasteiger partial charge in [-0.25, -0.2) is 13.6 Å². The van der Waals surface area contributed by atoms with Gasteiger partial charge in [-0.15, -0.1) is 0 Å². The molecule has 0 heterocycles. The first kappa shape index (κ1) is 14.1. The van der Waals surface area contributed by atoms with E-state index in [1.54, 1.807) is 6.92 Å². The first-order valence-electron chi connectivity index (χ1n) is 5.28. The smallest absolute Gasteiger partial charge is 0.334 e. The van der Waals surface area contributed by atoms with Crippen LogP contribution in [0.1, 0.15) is 19.4 Å². The molecule has 4 nitrogen and oxygen atoms in total. The first-order valence-corrected chi connectivity index (χ1v) is 5.28. The Morgan fingerprint density at radius 1 is 1.44 bits per heavy atom. The SMILES string of the molecule is CCN(C=O)C(C)(C(=O)O)c1ccc(F)c(F)c1. The number of carboxylic acids is 1. The van der Waals surface area contributed by atoms with Crippen molar-refractivity contribution in [2.45, 2.75) is 19.4 Å². The number of amides is 1. The van der Waals surface area contributed by atoms with Crippen LogP contribution in [0.25, 0.3) is 0 Å². The van der Waals surface area contributed by atoms with E-state index in [0.29, 0.717) is 6.41 Å². The third kappa shape index (κ3) is 2.18. The van der Waals surface area contributed by atoms with Gasteiger partial charge in [-0.1, -0.05) is 6.07 Å². The summed E-state index contributed by atoms with van der Waals surface area (Å²) in [6.45, 7) is 2.99. The molecule has 0 bridgehead atoms. The molecule has 0 aliphatic rings. The molecular formula is C12H13F2NO3. The molecule has 1 unspecified atom stereocenters. The molecule has 1 aromatic carbocycles. The van der Waals surface area contributed by atoms with Crippen LogP contribution in [0.2, 0.25) is 0 Å². The molecule has 1 N–H and O–H groups in total. The number of aliphatic carboxylic acids is 1. The third-order valence-electron chi connectivity index (χ3n) is 2.94. The molecule has 18 heavy (non-hydrogen) atoms. The van der Waals surface area contributed by atoms with Gasteiger partial charge in [0.25, 0.3) is 0 Å². The van der Waals surface area contributed by atoms with Gasteiger partial charge < -0.3 is 10.0 Å². The summed E-state index contributed by atoms with van der Waals surface area (Å²) in [4.78, 5) is 23.3. The maximum Gasteiger partial charge on any atom is 0.334 e. The zero-order chi connectivity index (χ0) is 13.9. The van der Waals surface area contributed by atoms with Crippen molar-refractivity contribution in [1.82, 2.24) is 4.90 Å². The summed E-state index contributed by atoms with van der Waals surface area (Å²) in [5.74, 6) is -3.54. The first-order chi connectivity index (χ1) is 8.37. The number of hydrogen-bond donors (Lipinski definition) is 1. The minimum Gasteiger partial charge on any atom is -0.479 e.